The number of methoxy groups -OCH3 is 1. The highest BCUT2D eigenvalue weighted by atomic mass is 16.5. The summed E-state index contributed by atoms with van der Waals surface area (Å²) in [5.41, 5.74) is 4.00. The van der Waals surface area contributed by atoms with Gasteiger partial charge in [0.2, 0.25) is 0 Å². The maximum atomic E-state index is 13.4. The number of ketones is 1. The Morgan fingerprint density at radius 3 is 2.52 bits per heavy atom. The van der Waals surface area contributed by atoms with Gasteiger partial charge in [0.25, 0.3) is 0 Å². The normalized spacial score (nSPS) is 15.8. The van der Waals surface area contributed by atoms with Gasteiger partial charge in [0.05, 0.1) is 31.6 Å². The van der Waals surface area contributed by atoms with Gasteiger partial charge in [-0.1, -0.05) is 12.1 Å². The Morgan fingerprint density at radius 2 is 1.84 bits per heavy atom. The van der Waals surface area contributed by atoms with Crippen molar-refractivity contribution in [2.75, 3.05) is 38.2 Å². The van der Waals surface area contributed by atoms with Crippen LogP contribution in [-0.4, -0.2) is 54.6 Å². The van der Waals surface area contributed by atoms with Crippen LogP contribution in [0, 0.1) is 13.8 Å². The molecule has 0 saturated carbocycles. The number of hydrogen-bond acceptors (Lipinski definition) is 5. The average Bonchev–Trinajstić information content (AvgIpc) is 3.42. The van der Waals surface area contributed by atoms with E-state index in [0.717, 1.165) is 60.3 Å². The molecule has 3 aromatic rings. The smallest absolute Gasteiger partial charge is 0.181 e. The molecule has 0 N–H and O–H groups in total. The van der Waals surface area contributed by atoms with Crippen LogP contribution in [0.2, 0.25) is 0 Å². The summed E-state index contributed by atoms with van der Waals surface area (Å²) in [4.78, 5) is 18.0. The third kappa shape index (κ3) is 4.26. The van der Waals surface area contributed by atoms with E-state index >= 15 is 0 Å². The lowest BCUT2D eigenvalue weighted by Gasteiger charge is -2.39. The molecule has 0 aliphatic carbocycles. The molecule has 1 aliphatic rings. The van der Waals surface area contributed by atoms with Crippen molar-refractivity contribution < 1.29 is 13.9 Å². The molecular formula is C25H31N3O3. The van der Waals surface area contributed by atoms with Crippen LogP contribution in [0.1, 0.15) is 34.4 Å². The van der Waals surface area contributed by atoms with E-state index in [4.69, 9.17) is 9.15 Å². The number of piperazine rings is 1. The summed E-state index contributed by atoms with van der Waals surface area (Å²) in [6.07, 6.45) is 1.68. The van der Waals surface area contributed by atoms with Gasteiger partial charge in [-0.25, -0.2) is 0 Å². The van der Waals surface area contributed by atoms with E-state index in [-0.39, 0.29) is 11.8 Å². The van der Waals surface area contributed by atoms with Crippen molar-refractivity contribution in [2.24, 2.45) is 0 Å². The van der Waals surface area contributed by atoms with Gasteiger partial charge < -0.3 is 18.6 Å². The number of nitrogens with zero attached hydrogens (tertiary/aromatic N) is 3. The monoisotopic (exact) mass is 421 g/mol. The fourth-order valence-corrected chi connectivity index (χ4v) is 4.48. The zero-order valence-electron chi connectivity index (χ0n) is 18.8. The van der Waals surface area contributed by atoms with Gasteiger partial charge in [-0.2, -0.15) is 0 Å². The molecule has 0 radical (unpaired) electrons. The van der Waals surface area contributed by atoms with Crippen LogP contribution in [-0.2, 0) is 6.54 Å². The van der Waals surface area contributed by atoms with Crippen molar-refractivity contribution >= 4 is 11.5 Å². The molecule has 0 unspecified atom stereocenters. The number of carbonyl (C=O) groups is 1. The molecule has 164 valence electrons. The van der Waals surface area contributed by atoms with Crippen LogP contribution < -0.4 is 9.64 Å². The molecule has 1 saturated heterocycles. The summed E-state index contributed by atoms with van der Waals surface area (Å²) >= 11 is 0. The second-order valence-corrected chi connectivity index (χ2v) is 8.19. The molecule has 1 aromatic carbocycles. The van der Waals surface area contributed by atoms with E-state index in [0.29, 0.717) is 6.54 Å². The average molecular weight is 422 g/mol. The topological polar surface area (TPSA) is 50.9 Å². The van der Waals surface area contributed by atoms with Crippen molar-refractivity contribution in [2.45, 2.75) is 33.4 Å². The number of anilines is 1. The Kier molecular flexibility index (Phi) is 6.18. The second-order valence-electron chi connectivity index (χ2n) is 8.19. The molecule has 31 heavy (non-hydrogen) atoms. The van der Waals surface area contributed by atoms with Gasteiger partial charge in [0.15, 0.2) is 5.78 Å². The lowest BCUT2D eigenvalue weighted by Crippen LogP contribution is -2.51. The first-order valence-corrected chi connectivity index (χ1v) is 10.8. The van der Waals surface area contributed by atoms with Gasteiger partial charge in [0, 0.05) is 43.1 Å². The first-order chi connectivity index (χ1) is 15.0. The largest absolute Gasteiger partial charge is 0.495 e. The van der Waals surface area contributed by atoms with E-state index in [2.05, 4.69) is 20.4 Å². The number of Topliss-reactive ketones (excluding diaryl/α,β-unsaturated/α-hetero) is 1. The lowest BCUT2D eigenvalue weighted by atomic mass is 10.0. The molecule has 3 heterocycles. The van der Waals surface area contributed by atoms with Crippen molar-refractivity contribution in [3.63, 3.8) is 0 Å². The molecule has 1 aliphatic heterocycles. The molecule has 1 atom stereocenters. The summed E-state index contributed by atoms with van der Waals surface area (Å²) in [5, 5.41) is 0. The predicted octanol–water partition coefficient (Wildman–Crippen LogP) is 4.15. The summed E-state index contributed by atoms with van der Waals surface area (Å²) in [5.74, 6) is 1.97. The van der Waals surface area contributed by atoms with Gasteiger partial charge >= 0.3 is 0 Å². The van der Waals surface area contributed by atoms with Crippen LogP contribution >= 0.6 is 0 Å². The SMILES string of the molecule is COc1ccccc1N1CCN([C@H](C)C(=O)c2cc(C)n(Cc3ccco3)c2C)CC1. The van der Waals surface area contributed by atoms with Gasteiger partial charge in [-0.15, -0.1) is 0 Å². The fraction of sp³-hybridized carbons (Fsp3) is 0.400. The lowest BCUT2D eigenvalue weighted by molar-refractivity contribution is 0.0829. The molecule has 2 aromatic heterocycles. The van der Waals surface area contributed by atoms with Gasteiger partial charge in [-0.3, -0.25) is 9.69 Å². The number of furan rings is 1. The minimum atomic E-state index is -0.155. The fourth-order valence-electron chi connectivity index (χ4n) is 4.48. The van der Waals surface area contributed by atoms with Crippen LogP contribution in [0.25, 0.3) is 0 Å². The van der Waals surface area contributed by atoms with Crippen LogP contribution in [0.4, 0.5) is 5.69 Å². The molecular weight excluding hydrogens is 390 g/mol. The number of ether oxygens (including phenoxy) is 1. The first-order valence-electron chi connectivity index (χ1n) is 10.8. The number of carbonyl (C=O) groups excluding carboxylic acids is 1. The molecule has 0 amide bonds. The Morgan fingerprint density at radius 1 is 1.10 bits per heavy atom. The molecule has 6 heteroatoms. The van der Waals surface area contributed by atoms with E-state index in [9.17, 15) is 4.79 Å². The maximum Gasteiger partial charge on any atom is 0.181 e. The Balaban J connectivity index is 1.43. The summed E-state index contributed by atoms with van der Waals surface area (Å²) in [6.45, 7) is 10.2. The van der Waals surface area contributed by atoms with Crippen LogP contribution in [0.5, 0.6) is 5.75 Å². The minimum Gasteiger partial charge on any atom is -0.495 e. The second kappa shape index (κ2) is 9.02. The summed E-state index contributed by atoms with van der Waals surface area (Å²) < 4.78 is 13.2. The number of hydrogen-bond donors (Lipinski definition) is 0. The number of rotatable bonds is 7. The van der Waals surface area contributed by atoms with Crippen LogP contribution in [0.15, 0.2) is 53.1 Å². The third-order valence-corrected chi connectivity index (χ3v) is 6.40. The highest BCUT2D eigenvalue weighted by Crippen LogP contribution is 2.29. The molecule has 0 bridgehead atoms. The minimum absolute atomic E-state index is 0.155. The van der Waals surface area contributed by atoms with Crippen molar-refractivity contribution in [3.05, 3.63) is 71.4 Å². The van der Waals surface area contributed by atoms with Crippen molar-refractivity contribution in [3.8, 4) is 5.75 Å². The van der Waals surface area contributed by atoms with E-state index in [1.54, 1.807) is 13.4 Å². The zero-order valence-corrected chi connectivity index (χ0v) is 18.8. The van der Waals surface area contributed by atoms with Crippen molar-refractivity contribution in [1.82, 2.24) is 9.47 Å². The maximum absolute atomic E-state index is 13.4. The quantitative estimate of drug-likeness (QED) is 0.537. The Labute approximate surface area is 184 Å². The highest BCUT2D eigenvalue weighted by Gasteiger charge is 2.29. The predicted molar refractivity (Wildman–Crippen MR) is 122 cm³/mol. The van der Waals surface area contributed by atoms with E-state index in [1.165, 1.54) is 0 Å². The van der Waals surface area contributed by atoms with Gasteiger partial charge in [-0.05, 0) is 51.1 Å². The van der Waals surface area contributed by atoms with E-state index < -0.39 is 0 Å². The Hall–Kier alpha value is -2.99. The van der Waals surface area contributed by atoms with Crippen molar-refractivity contribution in [1.29, 1.82) is 0 Å². The standard InChI is InChI=1S/C25H31N3O3/c1-18-16-22(19(2)28(18)17-21-8-7-15-31-21)25(29)20(3)26-11-13-27(14-12-26)23-9-5-6-10-24(23)30-4/h5-10,15-16,20H,11-14,17H2,1-4H3/t20-/m1/s1. The summed E-state index contributed by atoms with van der Waals surface area (Å²) in [6, 6.07) is 13.8. The first kappa shape index (κ1) is 21.2. The molecule has 4 rings (SSSR count). The molecule has 1 fully saturated rings. The number of aromatic nitrogens is 1. The third-order valence-electron chi connectivity index (χ3n) is 6.40. The molecule has 6 nitrogen and oxygen atoms in total. The van der Waals surface area contributed by atoms with Crippen LogP contribution in [0.3, 0.4) is 0 Å². The zero-order chi connectivity index (χ0) is 22.0. The molecule has 0 spiro atoms. The summed E-state index contributed by atoms with van der Waals surface area (Å²) in [7, 11) is 1.71. The highest BCUT2D eigenvalue weighted by molar-refractivity contribution is 6.01. The number of aryl methyl sites for hydroxylation is 1. The van der Waals surface area contributed by atoms with E-state index in [1.807, 2.05) is 57.2 Å². The number of para-hydroxylation sites is 2. The van der Waals surface area contributed by atoms with Gasteiger partial charge in [0.1, 0.15) is 11.5 Å². The number of benzene rings is 1. The Bertz CT molecular complexity index is 1030.